The molecule has 0 unspecified atom stereocenters. The Morgan fingerprint density at radius 2 is 1.86 bits per heavy atom. The van der Waals surface area contributed by atoms with Crippen LogP contribution in [0.25, 0.3) is 16.3 Å². The highest BCUT2D eigenvalue weighted by Crippen LogP contribution is 2.62. The highest BCUT2D eigenvalue weighted by atomic mass is 16.5. The number of nitrogens with one attached hydrogen (secondary N) is 2. The van der Waals surface area contributed by atoms with Gasteiger partial charge < -0.3 is 10.1 Å². The van der Waals surface area contributed by atoms with Crippen molar-refractivity contribution in [3.8, 4) is 0 Å². The van der Waals surface area contributed by atoms with Gasteiger partial charge in [-0.25, -0.2) is 9.61 Å². The van der Waals surface area contributed by atoms with Crippen LogP contribution >= 0.6 is 0 Å². The SMILES string of the molecule is O=C(NC1CC2(C1)CC(c1n[nH]c(=O)c3ccccc13)C2)c1cnn2cc(CN3CCOCC3)ccc12. The van der Waals surface area contributed by atoms with Gasteiger partial charge in [0.1, 0.15) is 0 Å². The minimum atomic E-state index is -0.138. The van der Waals surface area contributed by atoms with E-state index in [0.29, 0.717) is 16.9 Å². The molecule has 3 fully saturated rings. The van der Waals surface area contributed by atoms with Crippen molar-refractivity contribution < 1.29 is 9.53 Å². The maximum absolute atomic E-state index is 13.1. The van der Waals surface area contributed by atoms with Gasteiger partial charge >= 0.3 is 0 Å². The van der Waals surface area contributed by atoms with E-state index in [9.17, 15) is 9.59 Å². The summed E-state index contributed by atoms with van der Waals surface area (Å²) in [6.07, 6.45) is 7.75. The molecule has 7 rings (SSSR count). The van der Waals surface area contributed by atoms with Crippen LogP contribution in [-0.2, 0) is 11.3 Å². The Kier molecular flexibility index (Phi) is 5.37. The molecule has 0 bridgehead atoms. The number of aromatic nitrogens is 4. The fraction of sp³-hybridized carbons (Fsp3) is 0.429. The summed E-state index contributed by atoms with van der Waals surface area (Å²) >= 11 is 0. The topological polar surface area (TPSA) is 105 Å². The van der Waals surface area contributed by atoms with Gasteiger partial charge in [0, 0.05) is 43.2 Å². The third kappa shape index (κ3) is 4.02. The van der Waals surface area contributed by atoms with Gasteiger partial charge in [0.15, 0.2) is 0 Å². The van der Waals surface area contributed by atoms with Gasteiger partial charge in [0.05, 0.1) is 41.6 Å². The van der Waals surface area contributed by atoms with E-state index in [4.69, 9.17) is 4.74 Å². The number of pyridine rings is 1. The maximum atomic E-state index is 13.1. The maximum Gasteiger partial charge on any atom is 0.272 e. The Morgan fingerprint density at radius 1 is 1.08 bits per heavy atom. The summed E-state index contributed by atoms with van der Waals surface area (Å²) in [6, 6.07) is 12.0. The summed E-state index contributed by atoms with van der Waals surface area (Å²) in [5, 5.41) is 16.4. The highest BCUT2D eigenvalue weighted by molar-refractivity contribution is 6.00. The van der Waals surface area contributed by atoms with Gasteiger partial charge in [-0.1, -0.05) is 24.3 Å². The lowest BCUT2D eigenvalue weighted by atomic mass is 9.49. The fourth-order valence-electron chi connectivity index (χ4n) is 6.62. The molecule has 9 heteroatoms. The largest absolute Gasteiger partial charge is 0.379 e. The van der Waals surface area contributed by atoms with Crippen molar-refractivity contribution in [1.29, 1.82) is 0 Å². The zero-order chi connectivity index (χ0) is 25.0. The Balaban J connectivity index is 0.970. The number of morpholine rings is 1. The van der Waals surface area contributed by atoms with E-state index in [1.54, 1.807) is 6.20 Å². The molecule has 2 aliphatic carbocycles. The molecular formula is C28H30N6O3. The normalized spacial score (nSPS) is 25.7. The van der Waals surface area contributed by atoms with Crippen molar-refractivity contribution in [2.45, 2.75) is 44.2 Å². The molecule has 1 aliphatic heterocycles. The number of amides is 1. The van der Waals surface area contributed by atoms with Crippen molar-refractivity contribution in [2.24, 2.45) is 5.41 Å². The number of hydrogen-bond donors (Lipinski definition) is 2. The quantitative estimate of drug-likeness (QED) is 0.439. The molecule has 2 saturated carbocycles. The molecule has 0 atom stereocenters. The molecule has 3 aliphatic rings. The number of H-pyrrole nitrogens is 1. The van der Waals surface area contributed by atoms with Crippen molar-refractivity contribution in [3.05, 3.63) is 76.0 Å². The van der Waals surface area contributed by atoms with Gasteiger partial charge in [-0.3, -0.25) is 14.5 Å². The average molecular weight is 499 g/mol. The van der Waals surface area contributed by atoms with E-state index in [1.165, 1.54) is 5.56 Å². The summed E-state index contributed by atoms with van der Waals surface area (Å²) in [4.78, 5) is 27.6. The first kappa shape index (κ1) is 22.6. The fourth-order valence-corrected chi connectivity index (χ4v) is 6.62. The number of aromatic amines is 1. The lowest BCUT2D eigenvalue weighted by molar-refractivity contribution is -0.0196. The van der Waals surface area contributed by atoms with E-state index < -0.39 is 0 Å². The molecule has 1 spiro atoms. The van der Waals surface area contributed by atoms with Crippen LogP contribution < -0.4 is 10.9 Å². The van der Waals surface area contributed by atoms with Gasteiger partial charge in [0.25, 0.3) is 11.5 Å². The van der Waals surface area contributed by atoms with E-state index >= 15 is 0 Å². The van der Waals surface area contributed by atoms with Gasteiger partial charge in [-0.2, -0.15) is 10.2 Å². The zero-order valence-electron chi connectivity index (χ0n) is 20.7. The van der Waals surface area contributed by atoms with Crippen LogP contribution in [0.3, 0.4) is 0 Å². The molecule has 2 N–H and O–H groups in total. The van der Waals surface area contributed by atoms with Gasteiger partial charge in [-0.15, -0.1) is 0 Å². The summed E-state index contributed by atoms with van der Waals surface area (Å²) in [6.45, 7) is 4.28. The van der Waals surface area contributed by atoms with Crippen LogP contribution in [0.4, 0.5) is 0 Å². The predicted octanol–water partition coefficient (Wildman–Crippen LogP) is 2.86. The molecule has 0 radical (unpaired) electrons. The molecule has 37 heavy (non-hydrogen) atoms. The first-order valence-corrected chi connectivity index (χ1v) is 13.1. The number of benzene rings is 1. The third-order valence-electron chi connectivity index (χ3n) is 8.50. The predicted molar refractivity (Wildman–Crippen MR) is 139 cm³/mol. The van der Waals surface area contributed by atoms with Crippen LogP contribution in [0.2, 0.25) is 0 Å². The van der Waals surface area contributed by atoms with E-state index in [-0.39, 0.29) is 22.9 Å². The van der Waals surface area contributed by atoms with Crippen molar-refractivity contribution >= 4 is 22.2 Å². The van der Waals surface area contributed by atoms with Crippen LogP contribution in [0.5, 0.6) is 0 Å². The van der Waals surface area contributed by atoms with E-state index in [0.717, 1.165) is 75.1 Å². The Bertz CT molecular complexity index is 1540. The Hall–Kier alpha value is -3.56. The minimum Gasteiger partial charge on any atom is -0.379 e. The van der Waals surface area contributed by atoms with E-state index in [2.05, 4.69) is 31.6 Å². The molecular weight excluding hydrogens is 468 g/mol. The lowest BCUT2D eigenvalue weighted by Crippen LogP contribution is -2.55. The molecule has 190 valence electrons. The number of fused-ring (bicyclic) bond motifs is 2. The van der Waals surface area contributed by atoms with E-state index in [1.807, 2.05) is 41.0 Å². The number of hydrogen-bond acceptors (Lipinski definition) is 6. The van der Waals surface area contributed by atoms with Crippen LogP contribution in [-0.4, -0.2) is 63.0 Å². The number of nitrogens with zero attached hydrogens (tertiary/aromatic N) is 4. The lowest BCUT2D eigenvalue weighted by Gasteiger charge is -2.57. The Morgan fingerprint density at radius 3 is 2.68 bits per heavy atom. The Labute approximate surface area is 213 Å². The molecule has 1 amide bonds. The first-order valence-electron chi connectivity index (χ1n) is 13.1. The van der Waals surface area contributed by atoms with Gasteiger partial charge in [0.2, 0.25) is 0 Å². The van der Waals surface area contributed by atoms with Crippen LogP contribution in [0, 0.1) is 5.41 Å². The van der Waals surface area contributed by atoms with Crippen molar-refractivity contribution in [1.82, 2.24) is 30.0 Å². The zero-order valence-corrected chi connectivity index (χ0v) is 20.7. The summed E-state index contributed by atoms with van der Waals surface area (Å²) in [5.74, 6) is 0.296. The molecule has 1 saturated heterocycles. The molecule has 9 nitrogen and oxygen atoms in total. The molecule has 4 aromatic rings. The minimum absolute atomic E-state index is 0.0556. The molecule has 1 aromatic carbocycles. The van der Waals surface area contributed by atoms with Crippen LogP contribution in [0.15, 0.2) is 53.6 Å². The van der Waals surface area contributed by atoms with Crippen LogP contribution in [0.1, 0.15) is 53.2 Å². The summed E-state index contributed by atoms with van der Waals surface area (Å²) in [5.41, 5.74) is 3.76. The second-order valence-electron chi connectivity index (χ2n) is 11.0. The highest BCUT2D eigenvalue weighted by Gasteiger charge is 2.54. The average Bonchev–Trinajstić information content (AvgIpc) is 3.30. The number of rotatable bonds is 5. The smallest absolute Gasteiger partial charge is 0.272 e. The molecule has 4 heterocycles. The van der Waals surface area contributed by atoms with Crippen molar-refractivity contribution in [2.75, 3.05) is 26.3 Å². The number of carbonyl (C=O) groups is 1. The summed E-state index contributed by atoms with van der Waals surface area (Å²) in [7, 11) is 0. The third-order valence-corrected chi connectivity index (χ3v) is 8.50. The first-order chi connectivity index (χ1) is 18.1. The standard InChI is InChI=1S/C28H30N6O3/c35-26(23-15-29-34-17-18(5-6-24(23)34)16-33-7-9-37-10-8-33)30-20-13-28(14-20)11-19(12-28)25-21-3-1-2-4-22(21)27(36)32-31-25/h1-6,15,17,19-20H,7-14,16H2,(H,30,35)(H,32,36). The molecule has 3 aromatic heterocycles. The van der Waals surface area contributed by atoms with Gasteiger partial charge in [-0.05, 0) is 48.8 Å². The second-order valence-corrected chi connectivity index (χ2v) is 11.0. The monoisotopic (exact) mass is 498 g/mol. The second kappa shape index (κ2) is 8.78. The number of carbonyl (C=O) groups excluding carboxylic acids is 1. The summed E-state index contributed by atoms with van der Waals surface area (Å²) < 4.78 is 7.24. The number of ether oxygens (including phenoxy) is 1. The van der Waals surface area contributed by atoms with Crippen molar-refractivity contribution in [3.63, 3.8) is 0 Å².